The van der Waals surface area contributed by atoms with E-state index in [1.807, 2.05) is 32.2 Å². The molecule has 0 aliphatic carbocycles. The third-order valence-corrected chi connectivity index (χ3v) is 14.5. The lowest BCUT2D eigenvalue weighted by atomic mass is 9.84. The van der Waals surface area contributed by atoms with Gasteiger partial charge in [0.25, 0.3) is 5.91 Å². The molecule has 5 aliphatic heterocycles. The average Bonchev–Trinajstić information content (AvgIpc) is 3.90. The number of nitrogens with one attached hydrogen (secondary N) is 2. The van der Waals surface area contributed by atoms with Crippen LogP contribution in [0.4, 0.5) is 4.79 Å². The Morgan fingerprint density at radius 3 is 2.61 bits per heavy atom. The molecule has 0 saturated carbocycles. The number of benzene rings is 1. The molecule has 0 spiro atoms. The molecule has 66 heavy (non-hydrogen) atoms. The number of ether oxygens (including phenoxy) is 2. The first-order valence-electron chi connectivity index (χ1n) is 23.1. The minimum absolute atomic E-state index is 0.0766. The molecule has 1 aromatic carbocycles. The number of aromatic nitrogens is 3. The maximum Gasteiger partial charge on any atom is 0.324 e. The summed E-state index contributed by atoms with van der Waals surface area (Å²) in [5, 5.41) is 8.12. The summed E-state index contributed by atoms with van der Waals surface area (Å²) in [7, 11) is 3.29. The number of nitrogens with zero attached hydrogens (tertiary/aromatic N) is 7. The van der Waals surface area contributed by atoms with Crippen molar-refractivity contribution >= 4 is 52.0 Å². The van der Waals surface area contributed by atoms with E-state index in [0.717, 1.165) is 51.1 Å². The first kappa shape index (κ1) is 46.9. The number of hydrogen-bond acceptors (Lipinski definition) is 11. The third kappa shape index (κ3) is 8.96. The van der Waals surface area contributed by atoms with Gasteiger partial charge in [-0.2, -0.15) is 0 Å². The first-order chi connectivity index (χ1) is 31.5. The van der Waals surface area contributed by atoms with Crippen LogP contribution in [0.5, 0.6) is 0 Å². The molecular formula is C49H63N9O7S. The molecule has 2 N–H and O–H groups in total. The monoisotopic (exact) mass is 921 g/mol. The second kappa shape index (κ2) is 18.9. The smallest absolute Gasteiger partial charge is 0.324 e. The Bertz CT molecular complexity index is 2520. The lowest BCUT2D eigenvalue weighted by Crippen LogP contribution is -2.72. The van der Waals surface area contributed by atoms with Crippen LogP contribution in [0.25, 0.3) is 33.4 Å². The van der Waals surface area contributed by atoms with Crippen LogP contribution in [0.1, 0.15) is 83.2 Å². The number of pyridine rings is 1. The summed E-state index contributed by atoms with van der Waals surface area (Å²) < 4.78 is 14.2. The first-order valence-corrected chi connectivity index (χ1v) is 24.0. The van der Waals surface area contributed by atoms with Crippen LogP contribution in [0, 0.1) is 11.3 Å². The number of likely N-dealkylation sites (N-methyl/N-ethyl adjacent to an activating group) is 1. The van der Waals surface area contributed by atoms with Crippen molar-refractivity contribution < 1.29 is 33.4 Å². The number of piperidine rings is 1. The van der Waals surface area contributed by atoms with Crippen LogP contribution in [-0.4, -0.2) is 135 Å². The van der Waals surface area contributed by atoms with Crippen LogP contribution in [0.2, 0.25) is 0 Å². The van der Waals surface area contributed by atoms with Crippen molar-refractivity contribution in [1.29, 1.82) is 0 Å². The number of carbonyl (C=O) groups is 5. The van der Waals surface area contributed by atoms with Gasteiger partial charge in [0, 0.05) is 85.8 Å². The maximum absolute atomic E-state index is 14.6. The summed E-state index contributed by atoms with van der Waals surface area (Å²) in [5.41, 5.74) is 9.27. The van der Waals surface area contributed by atoms with E-state index in [-0.39, 0.29) is 49.1 Å². The minimum Gasteiger partial charge on any atom is -0.464 e. The number of amides is 5. The van der Waals surface area contributed by atoms with Crippen LogP contribution < -0.4 is 10.7 Å². The van der Waals surface area contributed by atoms with Crippen LogP contribution in [0.15, 0.2) is 54.6 Å². The second-order valence-electron chi connectivity index (χ2n) is 19.3. The van der Waals surface area contributed by atoms with E-state index in [1.165, 1.54) is 27.3 Å². The predicted octanol–water partition coefficient (Wildman–Crippen LogP) is 5.75. The quantitative estimate of drug-likeness (QED) is 0.156. The van der Waals surface area contributed by atoms with E-state index in [4.69, 9.17) is 19.4 Å². The highest BCUT2D eigenvalue weighted by molar-refractivity contribution is 7.10. The van der Waals surface area contributed by atoms with Crippen molar-refractivity contribution in [2.24, 2.45) is 11.3 Å². The van der Waals surface area contributed by atoms with Gasteiger partial charge in [-0.25, -0.2) is 15.2 Å². The van der Waals surface area contributed by atoms with Gasteiger partial charge in [-0.05, 0) is 81.4 Å². The Balaban J connectivity index is 1.14. The molecule has 4 saturated heterocycles. The van der Waals surface area contributed by atoms with E-state index in [1.54, 1.807) is 30.2 Å². The number of methoxy groups -OCH3 is 1. The molecule has 4 fully saturated rings. The largest absolute Gasteiger partial charge is 0.464 e. The van der Waals surface area contributed by atoms with Crippen molar-refractivity contribution in [3.8, 4) is 22.5 Å². The molecule has 4 aromatic rings. The SMILES string of the molecule is C=CC(=O)N1C2CC1CN(C(=O)N(C)C(C(=O)N[C@H]1Cc3nc(cs3)-c3ccc4c(c3)c(c(-c3cccnc3[C@H](C)OC)n4CC)CC(C)(C)COC(=O)[C@@H]3CCCN(N3)C1=O)C(C)C)C2. The molecule has 8 heterocycles. The highest BCUT2D eigenvalue weighted by atomic mass is 32.1. The van der Waals surface area contributed by atoms with Crippen LogP contribution >= 0.6 is 11.3 Å². The van der Waals surface area contributed by atoms with Crippen LogP contribution in [0.3, 0.4) is 0 Å². The van der Waals surface area contributed by atoms with E-state index in [0.29, 0.717) is 50.4 Å². The van der Waals surface area contributed by atoms with Gasteiger partial charge in [-0.1, -0.05) is 40.3 Å². The molecule has 5 amide bonds. The maximum atomic E-state index is 14.6. The topological polar surface area (TPSA) is 172 Å². The molecular weight excluding hydrogens is 859 g/mol. The summed E-state index contributed by atoms with van der Waals surface area (Å²) in [6.45, 7) is 17.5. The summed E-state index contributed by atoms with van der Waals surface area (Å²) in [6, 6.07) is 7.11. The van der Waals surface area contributed by atoms with Crippen molar-refractivity contribution in [2.75, 3.05) is 40.4 Å². The fourth-order valence-corrected chi connectivity index (χ4v) is 11.2. The number of carbonyl (C=O) groups excluding carboxylic acids is 5. The average molecular weight is 922 g/mol. The Morgan fingerprint density at radius 1 is 1.15 bits per heavy atom. The molecule has 3 aromatic heterocycles. The van der Waals surface area contributed by atoms with Crippen molar-refractivity contribution in [3.63, 3.8) is 0 Å². The van der Waals surface area contributed by atoms with Gasteiger partial charge in [-0.15, -0.1) is 11.3 Å². The molecule has 352 valence electrons. The van der Waals surface area contributed by atoms with Gasteiger partial charge >= 0.3 is 12.0 Å². The van der Waals surface area contributed by atoms with Gasteiger partial charge in [0.1, 0.15) is 18.1 Å². The lowest BCUT2D eigenvalue weighted by Gasteiger charge is -2.56. The lowest BCUT2D eigenvalue weighted by molar-refractivity contribution is -0.155. The third-order valence-electron chi connectivity index (χ3n) is 13.7. The normalized spacial score (nSPS) is 22.8. The summed E-state index contributed by atoms with van der Waals surface area (Å²) in [4.78, 5) is 84.3. The zero-order valence-electron chi connectivity index (χ0n) is 39.3. The summed E-state index contributed by atoms with van der Waals surface area (Å²) in [5.74, 6) is -1.82. The number of rotatable bonds is 9. The predicted molar refractivity (Wildman–Crippen MR) is 252 cm³/mol. The van der Waals surface area contributed by atoms with Gasteiger partial charge in [0.05, 0.1) is 46.9 Å². The molecule has 3 unspecified atom stereocenters. The standard InChI is InChI=1S/C49H63N9O7S/c1-10-41(59)58-31-21-32(58)25-55(24-31)48(63)54(8)43(28(3)4)45(60)52-37-22-40-51-38(26-66-40)30-16-17-39-34(20-30)35(44(56(39)11-2)33-14-12-18-50-42(33)29(5)64-9)23-49(6,7)27-65-47(62)36-15-13-19-57(53-36)46(37)61/h10,12,14,16-18,20,26,28-29,31-32,36-37,43,53H,1,11,13,15,19,21-25,27H2,2-9H3,(H,52,60)/t29-,31?,32?,36-,37-,43?/m0/s1. The van der Waals surface area contributed by atoms with Gasteiger partial charge < -0.3 is 34.1 Å². The Labute approximate surface area is 390 Å². The number of hydrogen-bond donors (Lipinski definition) is 2. The Kier molecular flexibility index (Phi) is 13.4. The number of cyclic esters (lactones) is 1. The molecule has 6 atom stereocenters. The van der Waals surface area contributed by atoms with Gasteiger partial charge in [0.15, 0.2) is 0 Å². The number of urea groups is 1. The minimum atomic E-state index is -1.08. The number of esters is 1. The fraction of sp³-hybridized carbons (Fsp3) is 0.531. The Hall–Kier alpha value is -5.65. The van der Waals surface area contributed by atoms with E-state index < -0.39 is 41.3 Å². The van der Waals surface area contributed by atoms with E-state index >= 15 is 0 Å². The molecule has 0 radical (unpaired) electrons. The van der Waals surface area contributed by atoms with Crippen molar-refractivity contribution in [1.82, 2.24) is 45.0 Å². The number of aryl methyl sites for hydroxylation is 1. The number of fused-ring (bicyclic) bond motifs is 8. The summed E-state index contributed by atoms with van der Waals surface area (Å²) in [6.07, 6.45) is 5.31. The van der Waals surface area contributed by atoms with Crippen LogP contribution in [-0.2, 0) is 48.0 Å². The summed E-state index contributed by atoms with van der Waals surface area (Å²) >= 11 is 1.41. The molecule has 5 aliphatic rings. The molecule has 9 rings (SSSR count). The zero-order valence-corrected chi connectivity index (χ0v) is 40.2. The second-order valence-corrected chi connectivity index (χ2v) is 20.2. The van der Waals surface area contributed by atoms with E-state index in [2.05, 4.69) is 66.9 Å². The zero-order chi connectivity index (χ0) is 47.2. The van der Waals surface area contributed by atoms with Gasteiger partial charge in [0.2, 0.25) is 11.8 Å². The van der Waals surface area contributed by atoms with Crippen molar-refractivity contribution in [2.45, 2.75) is 117 Å². The van der Waals surface area contributed by atoms with E-state index in [9.17, 15) is 24.0 Å². The molecule has 8 bridgehead atoms. The van der Waals surface area contributed by atoms with Gasteiger partial charge in [-0.3, -0.25) is 29.2 Å². The Morgan fingerprint density at radius 2 is 1.91 bits per heavy atom. The number of piperazine rings is 1. The fourth-order valence-electron chi connectivity index (χ4n) is 10.3. The number of thiazole rings is 1. The highest BCUT2D eigenvalue weighted by Crippen LogP contribution is 2.42. The molecule has 17 heteroatoms. The highest BCUT2D eigenvalue weighted by Gasteiger charge is 2.49. The molecule has 16 nitrogen and oxygen atoms in total. The number of hydrazine groups is 1. The van der Waals surface area contributed by atoms with Crippen molar-refractivity contribution in [3.05, 3.63) is 70.8 Å².